The molecule has 2 aliphatic rings. The monoisotopic (exact) mass is 429 g/mol. The van der Waals surface area contributed by atoms with Crippen molar-refractivity contribution in [1.29, 1.82) is 0 Å². The van der Waals surface area contributed by atoms with E-state index in [4.69, 9.17) is 4.74 Å². The lowest BCUT2D eigenvalue weighted by Crippen LogP contribution is -2.32. The van der Waals surface area contributed by atoms with Gasteiger partial charge in [-0.1, -0.05) is 6.07 Å². The number of ether oxygens (including phenoxy) is 1. The van der Waals surface area contributed by atoms with Gasteiger partial charge in [0.2, 0.25) is 10.0 Å². The van der Waals surface area contributed by atoms with Crippen molar-refractivity contribution < 1.29 is 17.9 Å². The van der Waals surface area contributed by atoms with Gasteiger partial charge in [0.05, 0.1) is 11.0 Å². The molecule has 1 atom stereocenters. The van der Waals surface area contributed by atoms with Crippen LogP contribution in [0.15, 0.2) is 53.4 Å². The molecule has 1 unspecified atom stereocenters. The molecule has 2 fully saturated rings. The maximum atomic E-state index is 12.6. The number of nitrogens with zero attached hydrogens (tertiary/aromatic N) is 1. The predicted molar refractivity (Wildman–Crippen MR) is 116 cm³/mol. The van der Waals surface area contributed by atoms with E-state index in [-0.39, 0.29) is 23.5 Å². The Morgan fingerprint density at radius 1 is 1.07 bits per heavy atom. The van der Waals surface area contributed by atoms with Gasteiger partial charge in [0.15, 0.2) is 0 Å². The molecule has 160 valence electrons. The van der Waals surface area contributed by atoms with E-state index in [0.29, 0.717) is 17.9 Å². The number of hydrogen-bond acceptors (Lipinski definition) is 5. The summed E-state index contributed by atoms with van der Waals surface area (Å²) in [5, 5.41) is 2.84. The van der Waals surface area contributed by atoms with Gasteiger partial charge >= 0.3 is 0 Å². The van der Waals surface area contributed by atoms with Crippen LogP contribution in [0.25, 0.3) is 0 Å². The molecule has 2 aromatic rings. The normalized spacial score (nSPS) is 19.2. The molecule has 7 nitrogen and oxygen atoms in total. The molecule has 0 aromatic heterocycles. The molecule has 1 amide bonds. The molecule has 0 spiro atoms. The number of carbonyl (C=O) groups is 1. The Labute approximate surface area is 177 Å². The van der Waals surface area contributed by atoms with Crippen LogP contribution in [0.1, 0.15) is 36.0 Å². The molecule has 30 heavy (non-hydrogen) atoms. The highest BCUT2D eigenvalue weighted by atomic mass is 32.2. The third-order valence-corrected chi connectivity index (χ3v) is 6.95. The molecule has 8 heteroatoms. The smallest absolute Gasteiger partial charge is 0.255 e. The molecule has 4 rings (SSSR count). The minimum Gasteiger partial charge on any atom is -0.377 e. The number of amides is 1. The highest BCUT2D eigenvalue weighted by Crippen LogP contribution is 2.22. The Bertz CT molecular complexity index is 980. The maximum absolute atomic E-state index is 12.6. The SMILES string of the molecule is O=C(Nc1ccc(N2CCCC2)cc1)c1cccc(S(=O)(=O)NCC2CCCO2)c1. The van der Waals surface area contributed by atoms with Crippen LogP contribution in [0, 0.1) is 0 Å². The van der Waals surface area contributed by atoms with E-state index < -0.39 is 10.0 Å². The van der Waals surface area contributed by atoms with E-state index in [1.165, 1.54) is 25.0 Å². The van der Waals surface area contributed by atoms with Crippen LogP contribution in [-0.4, -0.2) is 46.7 Å². The van der Waals surface area contributed by atoms with Gasteiger partial charge in [0.1, 0.15) is 0 Å². The van der Waals surface area contributed by atoms with Gasteiger partial charge in [-0.2, -0.15) is 0 Å². The second-order valence-corrected chi connectivity index (χ2v) is 9.48. The van der Waals surface area contributed by atoms with Crippen LogP contribution in [0.3, 0.4) is 0 Å². The first kappa shape index (κ1) is 20.8. The molecule has 0 radical (unpaired) electrons. The number of hydrogen-bond donors (Lipinski definition) is 2. The average molecular weight is 430 g/mol. The second-order valence-electron chi connectivity index (χ2n) is 7.71. The van der Waals surface area contributed by atoms with Gasteiger partial charge in [-0.05, 0) is 68.1 Å². The van der Waals surface area contributed by atoms with Gasteiger partial charge in [-0.3, -0.25) is 4.79 Å². The van der Waals surface area contributed by atoms with E-state index >= 15 is 0 Å². The lowest BCUT2D eigenvalue weighted by molar-refractivity contribution is 0.102. The fraction of sp³-hybridized carbons (Fsp3) is 0.409. The summed E-state index contributed by atoms with van der Waals surface area (Å²) >= 11 is 0. The third kappa shape index (κ3) is 5.00. The van der Waals surface area contributed by atoms with Crippen molar-refractivity contribution in [3.63, 3.8) is 0 Å². The molecular weight excluding hydrogens is 402 g/mol. The number of carbonyl (C=O) groups excluding carboxylic acids is 1. The molecule has 0 aliphatic carbocycles. The number of sulfonamides is 1. The summed E-state index contributed by atoms with van der Waals surface area (Å²) in [5.41, 5.74) is 2.11. The summed E-state index contributed by atoms with van der Waals surface area (Å²) in [6.07, 6.45) is 4.12. The zero-order chi connectivity index (χ0) is 21.0. The lowest BCUT2D eigenvalue weighted by Gasteiger charge is -2.17. The molecule has 0 bridgehead atoms. The van der Waals surface area contributed by atoms with Crippen LogP contribution >= 0.6 is 0 Å². The Morgan fingerprint density at radius 3 is 2.53 bits per heavy atom. The zero-order valence-electron chi connectivity index (χ0n) is 16.8. The highest BCUT2D eigenvalue weighted by molar-refractivity contribution is 7.89. The fourth-order valence-corrected chi connectivity index (χ4v) is 4.94. The van der Waals surface area contributed by atoms with E-state index in [9.17, 15) is 13.2 Å². The summed E-state index contributed by atoms with van der Waals surface area (Å²) < 4.78 is 33.2. The quantitative estimate of drug-likeness (QED) is 0.707. The minimum absolute atomic E-state index is 0.0672. The molecule has 2 aromatic carbocycles. The first-order valence-electron chi connectivity index (χ1n) is 10.4. The number of rotatable bonds is 7. The van der Waals surface area contributed by atoms with E-state index in [2.05, 4.69) is 14.9 Å². The molecular formula is C22H27N3O4S. The summed E-state index contributed by atoms with van der Waals surface area (Å²) in [7, 11) is -3.71. The Balaban J connectivity index is 1.40. The molecule has 2 aliphatic heterocycles. The number of benzene rings is 2. The van der Waals surface area contributed by atoms with Gasteiger partial charge in [-0.25, -0.2) is 13.1 Å². The van der Waals surface area contributed by atoms with Crippen LogP contribution in [0.2, 0.25) is 0 Å². The molecule has 2 heterocycles. The molecule has 2 N–H and O–H groups in total. The van der Waals surface area contributed by atoms with Crippen molar-refractivity contribution in [3.05, 3.63) is 54.1 Å². The number of nitrogens with one attached hydrogen (secondary N) is 2. The standard InChI is InChI=1S/C22H27N3O4S/c26-22(24-18-8-10-19(11-9-18)25-12-1-2-13-25)17-5-3-7-21(15-17)30(27,28)23-16-20-6-4-14-29-20/h3,5,7-11,15,20,23H,1-2,4,6,12-14,16H2,(H,24,26). The minimum atomic E-state index is -3.71. The maximum Gasteiger partial charge on any atom is 0.255 e. The van der Waals surface area contributed by atoms with Gasteiger partial charge in [-0.15, -0.1) is 0 Å². The van der Waals surface area contributed by atoms with Crippen LogP contribution in [-0.2, 0) is 14.8 Å². The summed E-state index contributed by atoms with van der Waals surface area (Å²) in [4.78, 5) is 15.0. The highest BCUT2D eigenvalue weighted by Gasteiger charge is 2.21. The Hall–Kier alpha value is -2.42. The average Bonchev–Trinajstić information content (AvgIpc) is 3.47. The van der Waals surface area contributed by atoms with E-state index in [0.717, 1.165) is 31.6 Å². The molecule has 0 saturated carbocycles. The first-order chi connectivity index (χ1) is 14.5. The number of anilines is 2. The van der Waals surface area contributed by atoms with Crippen LogP contribution in [0.5, 0.6) is 0 Å². The summed E-state index contributed by atoms with van der Waals surface area (Å²) in [6.45, 7) is 3.03. The van der Waals surface area contributed by atoms with Gasteiger partial charge < -0.3 is 15.0 Å². The van der Waals surface area contributed by atoms with Crippen molar-refractivity contribution >= 4 is 27.3 Å². The van der Waals surface area contributed by atoms with Crippen molar-refractivity contribution in [2.45, 2.75) is 36.7 Å². The largest absolute Gasteiger partial charge is 0.377 e. The fourth-order valence-electron chi connectivity index (χ4n) is 3.83. The van der Waals surface area contributed by atoms with Crippen molar-refractivity contribution in [2.24, 2.45) is 0 Å². The van der Waals surface area contributed by atoms with Crippen LogP contribution in [0.4, 0.5) is 11.4 Å². The van der Waals surface area contributed by atoms with Crippen molar-refractivity contribution in [2.75, 3.05) is 36.5 Å². The van der Waals surface area contributed by atoms with E-state index in [1.807, 2.05) is 24.3 Å². The summed E-state index contributed by atoms with van der Waals surface area (Å²) in [5.74, 6) is -0.347. The van der Waals surface area contributed by atoms with Gasteiger partial charge in [0, 0.05) is 43.2 Å². The lowest BCUT2D eigenvalue weighted by atomic mass is 10.2. The predicted octanol–water partition coefficient (Wildman–Crippen LogP) is 3.00. The third-order valence-electron chi connectivity index (χ3n) is 5.53. The first-order valence-corrected chi connectivity index (χ1v) is 11.9. The molecule has 2 saturated heterocycles. The Morgan fingerprint density at radius 2 is 1.83 bits per heavy atom. The van der Waals surface area contributed by atoms with Crippen molar-refractivity contribution in [1.82, 2.24) is 4.72 Å². The van der Waals surface area contributed by atoms with Crippen LogP contribution < -0.4 is 14.9 Å². The summed E-state index contributed by atoms with van der Waals surface area (Å²) in [6, 6.07) is 13.8. The van der Waals surface area contributed by atoms with Gasteiger partial charge in [0.25, 0.3) is 5.91 Å². The zero-order valence-corrected chi connectivity index (χ0v) is 17.7. The topological polar surface area (TPSA) is 87.7 Å². The van der Waals surface area contributed by atoms with E-state index in [1.54, 1.807) is 12.1 Å². The second kappa shape index (κ2) is 9.16. The van der Waals surface area contributed by atoms with Crippen molar-refractivity contribution in [3.8, 4) is 0 Å². The Kier molecular flexibility index (Phi) is 6.36.